The molecule has 14 heavy (non-hydrogen) atoms. The van der Waals surface area contributed by atoms with Gasteiger partial charge in [-0.05, 0) is 37.8 Å². The summed E-state index contributed by atoms with van der Waals surface area (Å²) in [4.78, 5) is 0. The van der Waals surface area contributed by atoms with Crippen molar-refractivity contribution in [3.05, 3.63) is 11.8 Å². The van der Waals surface area contributed by atoms with Crippen molar-refractivity contribution in [3.8, 4) is 0 Å². The maximum absolute atomic E-state index is 5.70. The van der Waals surface area contributed by atoms with Gasteiger partial charge in [-0.3, -0.25) is 0 Å². The molecule has 1 N–H and O–H groups in total. The molecule has 1 heterocycles. The Labute approximate surface area is 87.7 Å². The first-order valence-electron chi connectivity index (χ1n) is 5.67. The Morgan fingerprint density at radius 3 is 2.50 bits per heavy atom. The Bertz CT molecular complexity index is 198. The first-order chi connectivity index (χ1) is 6.66. The van der Waals surface area contributed by atoms with Gasteiger partial charge in [0.25, 0.3) is 0 Å². The van der Waals surface area contributed by atoms with Crippen LogP contribution in [-0.2, 0) is 4.74 Å². The van der Waals surface area contributed by atoms with Crippen molar-refractivity contribution < 1.29 is 4.74 Å². The number of likely N-dealkylation sites (N-methyl/N-ethyl adjacent to an activating group) is 1. The third kappa shape index (κ3) is 2.74. The molecule has 82 valence electrons. The minimum atomic E-state index is 0.385. The highest BCUT2D eigenvalue weighted by Crippen LogP contribution is 2.23. The molecule has 1 aliphatic rings. The van der Waals surface area contributed by atoms with Crippen molar-refractivity contribution in [2.75, 3.05) is 13.7 Å². The van der Waals surface area contributed by atoms with Crippen LogP contribution in [0.25, 0.3) is 0 Å². The third-order valence-corrected chi connectivity index (χ3v) is 3.16. The molecule has 0 aromatic carbocycles. The predicted molar refractivity (Wildman–Crippen MR) is 60.1 cm³/mol. The molecule has 0 radical (unpaired) electrons. The van der Waals surface area contributed by atoms with E-state index >= 15 is 0 Å². The van der Waals surface area contributed by atoms with Crippen molar-refractivity contribution >= 4 is 0 Å². The minimum Gasteiger partial charge on any atom is -0.497 e. The lowest BCUT2D eigenvalue weighted by Gasteiger charge is -2.30. The molecule has 1 aliphatic heterocycles. The van der Waals surface area contributed by atoms with Crippen LogP contribution in [-0.4, -0.2) is 19.7 Å². The molecule has 0 aromatic rings. The Kier molecular flexibility index (Phi) is 4.46. The van der Waals surface area contributed by atoms with Gasteiger partial charge in [0.2, 0.25) is 0 Å². The van der Waals surface area contributed by atoms with Crippen LogP contribution in [0.4, 0.5) is 0 Å². The second kappa shape index (κ2) is 5.40. The summed E-state index contributed by atoms with van der Waals surface area (Å²) in [7, 11) is 2.02. The summed E-state index contributed by atoms with van der Waals surface area (Å²) in [6.07, 6.45) is 4.57. The van der Waals surface area contributed by atoms with E-state index in [2.05, 4.69) is 32.2 Å². The summed E-state index contributed by atoms with van der Waals surface area (Å²) >= 11 is 0. The Morgan fingerprint density at radius 1 is 1.36 bits per heavy atom. The zero-order valence-electron chi connectivity index (χ0n) is 9.84. The topological polar surface area (TPSA) is 21.3 Å². The van der Waals surface area contributed by atoms with E-state index in [1.54, 1.807) is 0 Å². The van der Waals surface area contributed by atoms with Gasteiger partial charge >= 0.3 is 0 Å². The molecule has 2 nitrogen and oxygen atoms in total. The van der Waals surface area contributed by atoms with Crippen LogP contribution in [0.15, 0.2) is 11.8 Å². The average molecular weight is 197 g/mol. The highest BCUT2D eigenvalue weighted by Gasteiger charge is 2.24. The van der Waals surface area contributed by atoms with E-state index in [0.717, 1.165) is 18.8 Å². The first-order valence-corrected chi connectivity index (χ1v) is 5.67. The molecule has 2 heteroatoms. The average Bonchev–Trinajstić information content (AvgIpc) is 2.20. The van der Waals surface area contributed by atoms with Crippen LogP contribution >= 0.6 is 0 Å². The lowest BCUT2D eigenvalue weighted by atomic mass is 9.88. The van der Waals surface area contributed by atoms with E-state index in [1.807, 2.05) is 7.05 Å². The van der Waals surface area contributed by atoms with Crippen molar-refractivity contribution in [1.82, 2.24) is 5.32 Å². The van der Waals surface area contributed by atoms with Crippen molar-refractivity contribution in [2.45, 2.75) is 39.7 Å². The summed E-state index contributed by atoms with van der Waals surface area (Å²) in [5.74, 6) is 2.45. The monoisotopic (exact) mass is 197 g/mol. The molecule has 0 aromatic heterocycles. The van der Waals surface area contributed by atoms with Gasteiger partial charge in [0.15, 0.2) is 0 Å². The number of ether oxygens (including phenoxy) is 1. The molecule has 0 bridgehead atoms. The van der Waals surface area contributed by atoms with Gasteiger partial charge in [-0.1, -0.05) is 20.8 Å². The summed E-state index contributed by atoms with van der Waals surface area (Å²) in [6, 6.07) is 0.385. The second-order valence-electron chi connectivity index (χ2n) is 4.47. The molecule has 0 aliphatic carbocycles. The number of hydrogen-bond donors (Lipinski definition) is 1. The Balaban J connectivity index is 2.64. The second-order valence-corrected chi connectivity index (χ2v) is 4.47. The van der Waals surface area contributed by atoms with E-state index in [4.69, 9.17) is 4.74 Å². The van der Waals surface area contributed by atoms with E-state index < -0.39 is 0 Å². The van der Waals surface area contributed by atoms with Crippen LogP contribution in [0, 0.1) is 11.8 Å². The molecule has 1 rings (SSSR count). The van der Waals surface area contributed by atoms with E-state index in [0.29, 0.717) is 17.9 Å². The fourth-order valence-electron chi connectivity index (χ4n) is 1.84. The fraction of sp³-hybridized carbons (Fsp3) is 0.833. The van der Waals surface area contributed by atoms with Crippen LogP contribution < -0.4 is 5.32 Å². The summed E-state index contributed by atoms with van der Waals surface area (Å²) in [5, 5.41) is 3.36. The first kappa shape index (κ1) is 11.6. The quantitative estimate of drug-likeness (QED) is 0.748. The molecule has 0 saturated carbocycles. The normalized spacial score (nSPS) is 21.4. The predicted octanol–water partition coefficient (Wildman–Crippen LogP) is 2.56. The maximum Gasteiger partial charge on any atom is 0.109 e. The molecular weight excluding hydrogens is 174 g/mol. The molecule has 0 saturated heterocycles. The highest BCUT2D eigenvalue weighted by atomic mass is 16.5. The highest BCUT2D eigenvalue weighted by molar-refractivity contribution is 5.07. The third-order valence-electron chi connectivity index (χ3n) is 3.16. The van der Waals surface area contributed by atoms with Crippen LogP contribution in [0.5, 0.6) is 0 Å². The molecule has 2 unspecified atom stereocenters. The van der Waals surface area contributed by atoms with Crippen LogP contribution in [0.3, 0.4) is 0 Å². The van der Waals surface area contributed by atoms with Gasteiger partial charge in [-0.2, -0.15) is 0 Å². The smallest absolute Gasteiger partial charge is 0.109 e. The molecule has 0 fully saturated rings. The molecule has 0 amide bonds. The zero-order chi connectivity index (χ0) is 10.6. The molecule has 2 atom stereocenters. The van der Waals surface area contributed by atoms with Gasteiger partial charge in [0, 0.05) is 0 Å². The Hall–Kier alpha value is -0.500. The standard InChI is InChI=1S/C12H23NO/c1-9(2)10(3)12(13-4)11-7-5-6-8-14-11/h7,9-10,12-13H,5-6,8H2,1-4H3. The lowest BCUT2D eigenvalue weighted by molar-refractivity contribution is 0.146. The zero-order valence-corrected chi connectivity index (χ0v) is 9.84. The van der Waals surface area contributed by atoms with E-state index in [-0.39, 0.29) is 0 Å². The molecular formula is C12H23NO. The Morgan fingerprint density at radius 2 is 2.07 bits per heavy atom. The van der Waals surface area contributed by atoms with Gasteiger partial charge in [0.1, 0.15) is 5.76 Å². The number of rotatable bonds is 4. The van der Waals surface area contributed by atoms with Crippen molar-refractivity contribution in [2.24, 2.45) is 11.8 Å². The van der Waals surface area contributed by atoms with Crippen molar-refractivity contribution in [1.29, 1.82) is 0 Å². The van der Waals surface area contributed by atoms with E-state index in [9.17, 15) is 0 Å². The largest absolute Gasteiger partial charge is 0.497 e. The summed E-state index contributed by atoms with van der Waals surface area (Å²) < 4.78 is 5.70. The maximum atomic E-state index is 5.70. The van der Waals surface area contributed by atoms with Gasteiger partial charge in [-0.15, -0.1) is 0 Å². The fourth-order valence-corrected chi connectivity index (χ4v) is 1.84. The summed E-state index contributed by atoms with van der Waals surface area (Å²) in [6.45, 7) is 7.69. The minimum absolute atomic E-state index is 0.385. The van der Waals surface area contributed by atoms with E-state index in [1.165, 1.54) is 6.42 Å². The van der Waals surface area contributed by atoms with Crippen LogP contribution in [0.1, 0.15) is 33.6 Å². The number of allylic oxidation sites excluding steroid dienone is 1. The SMILES string of the molecule is CNC(C1=CCCCO1)C(C)C(C)C. The van der Waals surface area contributed by atoms with Gasteiger partial charge < -0.3 is 10.1 Å². The van der Waals surface area contributed by atoms with Gasteiger partial charge in [-0.25, -0.2) is 0 Å². The number of hydrogen-bond acceptors (Lipinski definition) is 2. The molecule has 0 spiro atoms. The van der Waals surface area contributed by atoms with Crippen LogP contribution in [0.2, 0.25) is 0 Å². The number of nitrogens with one attached hydrogen (secondary N) is 1. The summed E-state index contributed by atoms with van der Waals surface area (Å²) in [5.41, 5.74) is 0. The van der Waals surface area contributed by atoms with Crippen molar-refractivity contribution in [3.63, 3.8) is 0 Å². The van der Waals surface area contributed by atoms with Gasteiger partial charge in [0.05, 0.1) is 12.6 Å². The lowest BCUT2D eigenvalue weighted by Crippen LogP contribution is -2.38.